The van der Waals surface area contributed by atoms with E-state index in [0.29, 0.717) is 5.02 Å². The zero-order chi connectivity index (χ0) is 10.9. The standard InChI is InChI=1S/C11H15Cl2NS/c12-7-3-1-2-4-8-15-11-6-5-10(13)9-14-11/h5-6,9H,1-4,7-8H2. The molecule has 1 rings (SSSR count). The molecule has 0 saturated heterocycles. The minimum Gasteiger partial charge on any atom is -0.248 e. The Kier molecular flexibility index (Phi) is 7.24. The van der Waals surface area contributed by atoms with Crippen LogP contribution in [0.5, 0.6) is 0 Å². The maximum atomic E-state index is 5.75. The Bertz CT molecular complexity index is 264. The van der Waals surface area contributed by atoms with Gasteiger partial charge in [-0.1, -0.05) is 24.4 Å². The highest BCUT2D eigenvalue weighted by Crippen LogP contribution is 2.18. The summed E-state index contributed by atoms with van der Waals surface area (Å²) < 4.78 is 0. The molecule has 0 radical (unpaired) electrons. The number of hydrogen-bond donors (Lipinski definition) is 0. The van der Waals surface area contributed by atoms with E-state index in [2.05, 4.69) is 4.98 Å². The van der Waals surface area contributed by atoms with E-state index in [9.17, 15) is 0 Å². The lowest BCUT2D eigenvalue weighted by Crippen LogP contribution is -1.84. The van der Waals surface area contributed by atoms with Gasteiger partial charge >= 0.3 is 0 Å². The molecule has 1 aromatic rings. The second kappa shape index (κ2) is 8.26. The molecule has 0 spiro atoms. The summed E-state index contributed by atoms with van der Waals surface area (Å²) in [6.45, 7) is 0. The number of pyridine rings is 1. The van der Waals surface area contributed by atoms with Gasteiger partial charge in [-0.3, -0.25) is 0 Å². The highest BCUT2D eigenvalue weighted by molar-refractivity contribution is 7.99. The van der Waals surface area contributed by atoms with Crippen LogP contribution in [0.2, 0.25) is 5.02 Å². The van der Waals surface area contributed by atoms with Crippen LogP contribution in [-0.2, 0) is 0 Å². The molecule has 84 valence electrons. The molecule has 0 unspecified atom stereocenters. The molecule has 0 aliphatic rings. The SMILES string of the molecule is ClCCCCCCSc1ccc(Cl)cn1. The second-order valence-corrected chi connectivity index (χ2v) is 5.20. The van der Waals surface area contributed by atoms with Crippen LogP contribution in [0, 0.1) is 0 Å². The summed E-state index contributed by atoms with van der Waals surface area (Å²) in [5, 5.41) is 1.75. The molecule has 1 aromatic heterocycles. The quantitative estimate of drug-likeness (QED) is 0.404. The van der Waals surface area contributed by atoms with Crippen molar-refractivity contribution in [2.24, 2.45) is 0 Å². The zero-order valence-corrected chi connectivity index (χ0v) is 10.9. The molecule has 0 saturated carbocycles. The van der Waals surface area contributed by atoms with Gasteiger partial charge in [-0.05, 0) is 30.7 Å². The van der Waals surface area contributed by atoms with E-state index in [1.54, 1.807) is 18.0 Å². The van der Waals surface area contributed by atoms with Gasteiger partial charge in [0, 0.05) is 12.1 Å². The summed E-state index contributed by atoms with van der Waals surface area (Å²) >= 11 is 13.1. The number of nitrogens with zero attached hydrogens (tertiary/aromatic N) is 1. The highest BCUT2D eigenvalue weighted by Gasteiger charge is 1.95. The fraction of sp³-hybridized carbons (Fsp3) is 0.545. The molecule has 0 amide bonds. The zero-order valence-electron chi connectivity index (χ0n) is 8.59. The molecule has 0 atom stereocenters. The van der Waals surface area contributed by atoms with E-state index in [1.807, 2.05) is 12.1 Å². The van der Waals surface area contributed by atoms with Crippen molar-refractivity contribution < 1.29 is 0 Å². The second-order valence-electron chi connectivity index (χ2n) is 3.27. The summed E-state index contributed by atoms with van der Waals surface area (Å²) in [5.74, 6) is 1.91. The predicted molar refractivity (Wildman–Crippen MR) is 69.2 cm³/mol. The Morgan fingerprint density at radius 1 is 1.13 bits per heavy atom. The molecule has 0 fully saturated rings. The third-order valence-corrected chi connectivity index (χ3v) is 3.50. The molecule has 4 heteroatoms. The number of alkyl halides is 1. The third kappa shape index (κ3) is 6.29. The first kappa shape index (κ1) is 13.1. The van der Waals surface area contributed by atoms with Gasteiger partial charge in [0.15, 0.2) is 0 Å². The Morgan fingerprint density at radius 3 is 2.60 bits per heavy atom. The molecular formula is C11H15Cl2NS. The van der Waals surface area contributed by atoms with Gasteiger partial charge in [-0.2, -0.15) is 0 Å². The molecule has 0 aliphatic heterocycles. The van der Waals surface area contributed by atoms with Crippen molar-refractivity contribution in [3.63, 3.8) is 0 Å². The van der Waals surface area contributed by atoms with Crippen LogP contribution in [0.25, 0.3) is 0 Å². The number of thioether (sulfide) groups is 1. The van der Waals surface area contributed by atoms with Gasteiger partial charge < -0.3 is 0 Å². The third-order valence-electron chi connectivity index (χ3n) is 1.98. The molecule has 1 nitrogen and oxygen atoms in total. The number of hydrogen-bond acceptors (Lipinski definition) is 2. The summed E-state index contributed by atoms with van der Waals surface area (Å²) in [6.07, 6.45) is 6.54. The lowest BCUT2D eigenvalue weighted by atomic mass is 10.2. The maximum Gasteiger partial charge on any atom is 0.0960 e. The average molecular weight is 264 g/mol. The van der Waals surface area contributed by atoms with Gasteiger partial charge in [0.1, 0.15) is 0 Å². The Hall–Kier alpha value is 0.0800. The van der Waals surface area contributed by atoms with E-state index in [4.69, 9.17) is 23.2 Å². The molecule has 0 aromatic carbocycles. The van der Waals surface area contributed by atoms with Gasteiger partial charge in [-0.25, -0.2) is 4.98 Å². The van der Waals surface area contributed by atoms with Crippen LogP contribution in [0.15, 0.2) is 23.4 Å². The fourth-order valence-electron chi connectivity index (χ4n) is 1.17. The van der Waals surface area contributed by atoms with E-state index in [-0.39, 0.29) is 0 Å². The minimum absolute atomic E-state index is 0.696. The Labute approximate surface area is 106 Å². The van der Waals surface area contributed by atoms with Crippen molar-refractivity contribution in [3.05, 3.63) is 23.4 Å². The van der Waals surface area contributed by atoms with E-state index >= 15 is 0 Å². The Morgan fingerprint density at radius 2 is 1.93 bits per heavy atom. The summed E-state index contributed by atoms with van der Waals surface area (Å²) in [7, 11) is 0. The van der Waals surface area contributed by atoms with Crippen molar-refractivity contribution in [1.82, 2.24) is 4.98 Å². The fourth-order valence-corrected chi connectivity index (χ4v) is 2.32. The monoisotopic (exact) mass is 263 g/mol. The highest BCUT2D eigenvalue weighted by atomic mass is 35.5. The van der Waals surface area contributed by atoms with Gasteiger partial charge in [0.05, 0.1) is 10.0 Å². The van der Waals surface area contributed by atoms with Crippen LogP contribution < -0.4 is 0 Å². The topological polar surface area (TPSA) is 12.9 Å². The van der Waals surface area contributed by atoms with Crippen molar-refractivity contribution in [2.75, 3.05) is 11.6 Å². The van der Waals surface area contributed by atoms with Crippen molar-refractivity contribution >= 4 is 35.0 Å². The lowest BCUT2D eigenvalue weighted by molar-refractivity contribution is 0.709. The normalized spacial score (nSPS) is 10.5. The van der Waals surface area contributed by atoms with Crippen LogP contribution >= 0.6 is 35.0 Å². The van der Waals surface area contributed by atoms with E-state index in [0.717, 1.165) is 23.1 Å². The van der Waals surface area contributed by atoms with Crippen LogP contribution in [0.1, 0.15) is 25.7 Å². The van der Waals surface area contributed by atoms with E-state index < -0.39 is 0 Å². The molecule has 0 bridgehead atoms. The van der Waals surface area contributed by atoms with Crippen LogP contribution in [0.3, 0.4) is 0 Å². The predicted octanol–water partition coefficient (Wildman–Crippen LogP) is 4.63. The van der Waals surface area contributed by atoms with Crippen LogP contribution in [0.4, 0.5) is 0 Å². The maximum absolute atomic E-state index is 5.75. The van der Waals surface area contributed by atoms with Crippen molar-refractivity contribution in [2.45, 2.75) is 30.7 Å². The van der Waals surface area contributed by atoms with Gasteiger partial charge in [0.25, 0.3) is 0 Å². The minimum atomic E-state index is 0.696. The number of unbranched alkanes of at least 4 members (excludes halogenated alkanes) is 3. The summed E-state index contributed by atoms with van der Waals surface area (Å²) in [5.41, 5.74) is 0. The average Bonchev–Trinajstić information content (AvgIpc) is 2.26. The van der Waals surface area contributed by atoms with Gasteiger partial charge in [0.2, 0.25) is 0 Å². The lowest BCUT2D eigenvalue weighted by Gasteiger charge is -2.00. The van der Waals surface area contributed by atoms with E-state index in [1.165, 1.54) is 19.3 Å². The summed E-state index contributed by atoms with van der Waals surface area (Å²) in [4.78, 5) is 4.22. The molecule has 1 heterocycles. The number of aromatic nitrogens is 1. The first-order chi connectivity index (χ1) is 7.33. The molecule has 15 heavy (non-hydrogen) atoms. The first-order valence-electron chi connectivity index (χ1n) is 5.13. The molecular weight excluding hydrogens is 249 g/mol. The number of rotatable bonds is 7. The smallest absolute Gasteiger partial charge is 0.0960 e. The summed E-state index contributed by atoms with van der Waals surface area (Å²) in [6, 6.07) is 3.84. The number of halogens is 2. The molecule has 0 aliphatic carbocycles. The molecule has 0 N–H and O–H groups in total. The van der Waals surface area contributed by atoms with Gasteiger partial charge in [-0.15, -0.1) is 23.4 Å². The Balaban J connectivity index is 2.07. The van der Waals surface area contributed by atoms with Crippen LogP contribution in [-0.4, -0.2) is 16.6 Å². The largest absolute Gasteiger partial charge is 0.248 e. The first-order valence-corrected chi connectivity index (χ1v) is 7.03. The van der Waals surface area contributed by atoms with Crippen molar-refractivity contribution in [1.29, 1.82) is 0 Å². The van der Waals surface area contributed by atoms with Crippen molar-refractivity contribution in [3.8, 4) is 0 Å².